The van der Waals surface area contributed by atoms with Crippen LogP contribution in [0.2, 0.25) is 5.02 Å². The van der Waals surface area contributed by atoms with Gasteiger partial charge in [-0.05, 0) is 35.9 Å². The number of pyridine rings is 1. The summed E-state index contributed by atoms with van der Waals surface area (Å²) in [6.45, 7) is 0.249. The van der Waals surface area contributed by atoms with Crippen molar-refractivity contribution in [2.75, 3.05) is 5.32 Å². The first kappa shape index (κ1) is 18.7. The fraction of sp³-hybridized carbons (Fsp3) is 0.0526. The number of benzene rings is 2. The molecule has 3 rings (SSSR count). The van der Waals surface area contributed by atoms with Crippen molar-refractivity contribution in [3.63, 3.8) is 0 Å². The summed E-state index contributed by atoms with van der Waals surface area (Å²) in [6.07, 6.45) is 1.28. The van der Waals surface area contributed by atoms with Crippen molar-refractivity contribution in [1.82, 2.24) is 10.3 Å². The molecule has 0 aliphatic carbocycles. The van der Waals surface area contributed by atoms with Gasteiger partial charge < -0.3 is 10.6 Å². The summed E-state index contributed by atoms with van der Waals surface area (Å²) in [4.78, 5) is 16.1. The van der Waals surface area contributed by atoms with Crippen molar-refractivity contribution in [2.24, 2.45) is 0 Å². The van der Waals surface area contributed by atoms with E-state index in [1.165, 1.54) is 18.3 Å². The van der Waals surface area contributed by atoms with Gasteiger partial charge in [-0.25, -0.2) is 18.2 Å². The lowest BCUT2D eigenvalue weighted by atomic mass is 10.2. The van der Waals surface area contributed by atoms with Crippen LogP contribution in [0, 0.1) is 17.5 Å². The van der Waals surface area contributed by atoms with Crippen molar-refractivity contribution in [3.05, 3.63) is 88.3 Å². The maximum atomic E-state index is 13.7. The molecule has 4 nitrogen and oxygen atoms in total. The van der Waals surface area contributed by atoms with Gasteiger partial charge in [0.15, 0.2) is 17.5 Å². The highest BCUT2D eigenvalue weighted by atomic mass is 35.5. The standard InChI is InChI=1S/C19H13ClF3N3O/c20-13-4-2-1-3-11(13)9-25-19(27)12-5-8-16(24-10-12)26-15-7-6-14(21)17(22)18(15)23/h1-8,10H,9H2,(H,24,26)(H,25,27). The Kier molecular flexibility index (Phi) is 5.61. The molecule has 138 valence electrons. The van der Waals surface area contributed by atoms with Gasteiger partial charge >= 0.3 is 0 Å². The van der Waals surface area contributed by atoms with E-state index < -0.39 is 17.5 Å². The van der Waals surface area contributed by atoms with Crippen molar-refractivity contribution in [2.45, 2.75) is 6.54 Å². The van der Waals surface area contributed by atoms with E-state index in [4.69, 9.17) is 11.6 Å². The zero-order chi connectivity index (χ0) is 19.4. The predicted octanol–water partition coefficient (Wildman–Crippen LogP) is 4.83. The first-order chi connectivity index (χ1) is 13.0. The lowest BCUT2D eigenvalue weighted by molar-refractivity contribution is 0.0950. The normalized spacial score (nSPS) is 10.5. The molecule has 27 heavy (non-hydrogen) atoms. The van der Waals surface area contributed by atoms with Crippen molar-refractivity contribution in [1.29, 1.82) is 0 Å². The van der Waals surface area contributed by atoms with Crippen LogP contribution in [0.4, 0.5) is 24.7 Å². The van der Waals surface area contributed by atoms with E-state index >= 15 is 0 Å². The molecule has 0 saturated heterocycles. The summed E-state index contributed by atoms with van der Waals surface area (Å²) in [5.74, 6) is -4.40. The molecule has 0 atom stereocenters. The fourth-order valence-corrected chi connectivity index (χ4v) is 2.48. The number of carbonyl (C=O) groups is 1. The SMILES string of the molecule is O=C(NCc1ccccc1Cl)c1ccc(Nc2ccc(F)c(F)c2F)nc1. The number of anilines is 2. The minimum Gasteiger partial charge on any atom is -0.348 e. The van der Waals surface area contributed by atoms with Crippen LogP contribution in [0.5, 0.6) is 0 Å². The van der Waals surface area contributed by atoms with Crippen LogP contribution >= 0.6 is 11.6 Å². The maximum Gasteiger partial charge on any atom is 0.253 e. The second-order valence-electron chi connectivity index (χ2n) is 5.55. The lowest BCUT2D eigenvalue weighted by Crippen LogP contribution is -2.23. The van der Waals surface area contributed by atoms with E-state index in [-0.39, 0.29) is 29.5 Å². The third-order valence-corrected chi connectivity index (χ3v) is 4.09. The van der Waals surface area contributed by atoms with Crippen LogP contribution < -0.4 is 10.6 Å². The van der Waals surface area contributed by atoms with E-state index in [1.807, 2.05) is 6.07 Å². The molecule has 0 aliphatic heterocycles. The topological polar surface area (TPSA) is 54.0 Å². The number of amides is 1. The van der Waals surface area contributed by atoms with Gasteiger partial charge in [0.1, 0.15) is 5.82 Å². The molecular formula is C19H13ClF3N3O. The number of rotatable bonds is 5. The first-order valence-corrected chi connectivity index (χ1v) is 8.21. The zero-order valence-corrected chi connectivity index (χ0v) is 14.5. The number of hydrogen-bond donors (Lipinski definition) is 2. The molecule has 0 spiro atoms. The highest BCUT2D eigenvalue weighted by Crippen LogP contribution is 2.22. The molecule has 1 aromatic heterocycles. The van der Waals surface area contributed by atoms with Crippen LogP contribution in [0.3, 0.4) is 0 Å². The minimum atomic E-state index is -1.57. The molecule has 0 saturated carbocycles. The Morgan fingerprint density at radius 3 is 2.48 bits per heavy atom. The van der Waals surface area contributed by atoms with E-state index in [9.17, 15) is 18.0 Å². The zero-order valence-electron chi connectivity index (χ0n) is 13.8. The van der Waals surface area contributed by atoms with Crippen LogP contribution in [0.25, 0.3) is 0 Å². The number of halogens is 4. The molecule has 0 radical (unpaired) electrons. The van der Waals surface area contributed by atoms with Gasteiger partial charge in [-0.15, -0.1) is 0 Å². The first-order valence-electron chi connectivity index (χ1n) is 7.84. The molecule has 3 aromatic rings. The number of hydrogen-bond acceptors (Lipinski definition) is 3. The van der Waals surface area contributed by atoms with Gasteiger partial charge in [-0.3, -0.25) is 4.79 Å². The molecule has 1 heterocycles. The monoisotopic (exact) mass is 391 g/mol. The Hall–Kier alpha value is -3.06. The van der Waals surface area contributed by atoms with E-state index in [0.29, 0.717) is 5.02 Å². The Bertz CT molecular complexity index is 980. The second kappa shape index (κ2) is 8.09. The van der Waals surface area contributed by atoms with Crippen LogP contribution in [-0.4, -0.2) is 10.9 Å². The fourth-order valence-electron chi connectivity index (χ4n) is 2.28. The molecule has 0 fully saturated rings. The van der Waals surface area contributed by atoms with Gasteiger partial charge in [0, 0.05) is 17.8 Å². The Labute approximate surface area is 158 Å². The van der Waals surface area contributed by atoms with Gasteiger partial charge in [0.05, 0.1) is 11.3 Å². The number of carbonyl (C=O) groups excluding carboxylic acids is 1. The average molecular weight is 392 g/mol. The average Bonchev–Trinajstić information content (AvgIpc) is 2.68. The van der Waals surface area contributed by atoms with E-state index in [2.05, 4.69) is 15.6 Å². The summed E-state index contributed by atoms with van der Waals surface area (Å²) in [7, 11) is 0. The molecule has 8 heteroatoms. The smallest absolute Gasteiger partial charge is 0.253 e. The predicted molar refractivity (Wildman–Crippen MR) is 96.5 cm³/mol. The van der Waals surface area contributed by atoms with E-state index in [1.54, 1.807) is 18.2 Å². The second-order valence-corrected chi connectivity index (χ2v) is 5.96. The molecule has 0 unspecified atom stereocenters. The molecule has 2 N–H and O–H groups in total. The number of nitrogens with one attached hydrogen (secondary N) is 2. The van der Waals surface area contributed by atoms with Gasteiger partial charge in [0.2, 0.25) is 0 Å². The largest absolute Gasteiger partial charge is 0.348 e. The van der Waals surface area contributed by atoms with Crippen LogP contribution in [0.1, 0.15) is 15.9 Å². The highest BCUT2D eigenvalue weighted by molar-refractivity contribution is 6.31. The molecule has 1 amide bonds. The number of aromatic nitrogens is 1. The van der Waals surface area contributed by atoms with Crippen molar-refractivity contribution >= 4 is 29.0 Å². The highest BCUT2D eigenvalue weighted by Gasteiger charge is 2.14. The lowest BCUT2D eigenvalue weighted by Gasteiger charge is -2.09. The maximum absolute atomic E-state index is 13.7. The molecule has 0 bridgehead atoms. The quantitative estimate of drug-likeness (QED) is 0.613. The summed E-state index contributed by atoms with van der Waals surface area (Å²) in [6, 6.07) is 11.9. The molecule has 0 aliphatic rings. The third kappa shape index (κ3) is 4.38. The molecule has 2 aromatic carbocycles. The van der Waals surface area contributed by atoms with Crippen LogP contribution in [-0.2, 0) is 6.54 Å². The number of nitrogens with zero attached hydrogens (tertiary/aromatic N) is 1. The van der Waals surface area contributed by atoms with Gasteiger partial charge in [-0.1, -0.05) is 29.8 Å². The Morgan fingerprint density at radius 2 is 1.78 bits per heavy atom. The summed E-state index contributed by atoms with van der Waals surface area (Å²) in [5.41, 5.74) is 0.781. The summed E-state index contributed by atoms with van der Waals surface area (Å²) < 4.78 is 39.9. The molecular weight excluding hydrogens is 379 g/mol. The van der Waals surface area contributed by atoms with E-state index in [0.717, 1.165) is 17.7 Å². The van der Waals surface area contributed by atoms with Crippen molar-refractivity contribution in [3.8, 4) is 0 Å². The van der Waals surface area contributed by atoms with Crippen molar-refractivity contribution < 1.29 is 18.0 Å². The van der Waals surface area contributed by atoms with Crippen LogP contribution in [0.15, 0.2) is 54.7 Å². The Balaban J connectivity index is 1.65. The van der Waals surface area contributed by atoms with Gasteiger partial charge in [0.25, 0.3) is 5.91 Å². The van der Waals surface area contributed by atoms with Gasteiger partial charge in [-0.2, -0.15) is 0 Å². The summed E-state index contributed by atoms with van der Waals surface area (Å²) >= 11 is 6.03. The summed E-state index contributed by atoms with van der Waals surface area (Å²) in [5, 5.41) is 5.79. The third-order valence-electron chi connectivity index (χ3n) is 3.72. The Morgan fingerprint density at radius 1 is 1.00 bits per heavy atom. The minimum absolute atomic E-state index is 0.169.